The van der Waals surface area contributed by atoms with Crippen LogP contribution >= 0.6 is 7.82 Å². The molecule has 10 heteroatoms. The maximum absolute atomic E-state index is 13.6. The molecule has 460 valence electrons. The summed E-state index contributed by atoms with van der Waals surface area (Å²) in [5.41, 5.74) is 0. The van der Waals surface area contributed by atoms with Crippen molar-refractivity contribution in [2.75, 3.05) is 40.9 Å². The molecule has 0 aliphatic carbocycles. The van der Waals surface area contributed by atoms with Crippen LogP contribution < -0.4 is 5.32 Å². The van der Waals surface area contributed by atoms with Gasteiger partial charge in [0, 0.05) is 12.8 Å². The Morgan fingerprint density at radius 2 is 0.838 bits per heavy atom. The van der Waals surface area contributed by atoms with Gasteiger partial charge in [0.2, 0.25) is 5.91 Å². The third-order valence-corrected chi connectivity index (χ3v) is 15.0. The Balaban J connectivity index is 5.27. The summed E-state index contributed by atoms with van der Waals surface area (Å²) in [4.78, 5) is 37.8. The molecular weight excluding hydrogens is 1010 g/mol. The van der Waals surface area contributed by atoms with Crippen molar-refractivity contribution < 1.29 is 37.3 Å². The van der Waals surface area contributed by atoms with E-state index in [4.69, 9.17) is 13.8 Å². The molecule has 0 aromatic heterocycles. The highest BCUT2D eigenvalue weighted by Crippen LogP contribution is 2.43. The number of nitrogens with zero attached hydrogens (tertiary/aromatic N) is 1. The molecule has 0 heterocycles. The average Bonchev–Trinajstić information content (AvgIpc) is 3.42. The minimum atomic E-state index is -4.47. The normalized spacial score (nSPS) is 14.3. The van der Waals surface area contributed by atoms with E-state index in [9.17, 15) is 19.0 Å². The topological polar surface area (TPSA) is 111 Å². The van der Waals surface area contributed by atoms with E-state index in [1.165, 1.54) is 103 Å². The second kappa shape index (κ2) is 58.9. The van der Waals surface area contributed by atoms with E-state index in [0.717, 1.165) is 122 Å². The summed E-state index contributed by atoms with van der Waals surface area (Å²) in [5, 5.41) is 3.04. The fourth-order valence-electron chi connectivity index (χ4n) is 8.93. The van der Waals surface area contributed by atoms with Gasteiger partial charge in [0.05, 0.1) is 33.8 Å². The number of ether oxygens (including phenoxy) is 1. The Kier molecular flexibility index (Phi) is 56.4. The lowest BCUT2D eigenvalue weighted by molar-refractivity contribution is -0.870. The van der Waals surface area contributed by atoms with E-state index < -0.39 is 20.0 Å². The number of nitrogens with one attached hydrogen (secondary N) is 1. The van der Waals surface area contributed by atoms with Crippen molar-refractivity contribution in [3.8, 4) is 0 Å². The Labute approximate surface area is 493 Å². The number of carbonyl (C=O) groups is 2. The van der Waals surface area contributed by atoms with Gasteiger partial charge in [-0.1, -0.05) is 259 Å². The average molecular weight is 1140 g/mol. The summed E-state index contributed by atoms with van der Waals surface area (Å²) in [6.07, 6.45) is 80.9. The zero-order valence-corrected chi connectivity index (χ0v) is 53.4. The number of amides is 1. The number of rotatable bonds is 58. The third kappa shape index (κ3) is 59.3. The molecule has 1 amide bonds. The van der Waals surface area contributed by atoms with Gasteiger partial charge in [-0.2, -0.15) is 0 Å². The molecule has 3 atom stereocenters. The Bertz CT molecular complexity index is 1740. The summed E-state index contributed by atoms with van der Waals surface area (Å²) < 4.78 is 30.7. The van der Waals surface area contributed by atoms with Gasteiger partial charge >= 0.3 is 13.8 Å². The summed E-state index contributed by atoms with van der Waals surface area (Å²) in [5.74, 6) is -0.555. The number of phosphoric ester groups is 1. The van der Waals surface area contributed by atoms with Crippen LogP contribution in [-0.2, 0) is 27.9 Å². The second-order valence-electron chi connectivity index (χ2n) is 22.9. The summed E-state index contributed by atoms with van der Waals surface area (Å²) in [6, 6.07) is -0.876. The van der Waals surface area contributed by atoms with E-state index in [1.807, 2.05) is 33.3 Å². The molecule has 0 radical (unpaired) electrons. The predicted molar refractivity (Wildman–Crippen MR) is 346 cm³/mol. The molecular formula is C70H124N2O7P+. The number of allylic oxidation sites excluding steroid dienone is 17. The number of hydrogen-bond donors (Lipinski definition) is 2. The molecule has 0 spiro atoms. The molecule has 0 aromatic rings. The van der Waals surface area contributed by atoms with Gasteiger partial charge in [-0.25, -0.2) is 4.57 Å². The van der Waals surface area contributed by atoms with Gasteiger partial charge in [-0.05, 0) is 109 Å². The molecule has 0 saturated carbocycles. The van der Waals surface area contributed by atoms with Gasteiger partial charge in [0.15, 0.2) is 0 Å². The summed E-state index contributed by atoms with van der Waals surface area (Å²) in [6.45, 7) is 6.86. The number of carbonyl (C=O) groups excluding carboxylic acids is 2. The van der Waals surface area contributed by atoms with Crippen LogP contribution in [0.2, 0.25) is 0 Å². The van der Waals surface area contributed by atoms with Crippen LogP contribution in [0.25, 0.3) is 0 Å². The minimum absolute atomic E-state index is 0.0276. The highest BCUT2D eigenvalue weighted by Gasteiger charge is 2.30. The van der Waals surface area contributed by atoms with Crippen molar-refractivity contribution in [3.63, 3.8) is 0 Å². The van der Waals surface area contributed by atoms with Crippen molar-refractivity contribution in [2.24, 2.45) is 0 Å². The minimum Gasteiger partial charge on any atom is -0.456 e. The van der Waals surface area contributed by atoms with Crippen molar-refractivity contribution in [2.45, 2.75) is 283 Å². The number of unbranched alkanes of at least 4 members (excludes halogenated alkanes) is 27. The SMILES string of the molecule is CC/C=C\C/C=C\C/C=C\C/C=C\C/C=C\C/C=C\CCCCCCCCC(=O)OC(/C=C\CCCCCCCCCCCCC)C(COP(=O)(O)OCC[N+](C)(C)C)NC(=O)CCCCC/C=C/C=C/CCCCCCCCC. The number of esters is 1. The van der Waals surface area contributed by atoms with Gasteiger partial charge in [0.25, 0.3) is 0 Å². The first-order chi connectivity index (χ1) is 38.9. The first kappa shape index (κ1) is 76.7. The van der Waals surface area contributed by atoms with Crippen molar-refractivity contribution in [1.82, 2.24) is 5.32 Å². The van der Waals surface area contributed by atoms with Gasteiger partial charge in [0.1, 0.15) is 19.3 Å². The summed E-state index contributed by atoms with van der Waals surface area (Å²) in [7, 11) is 1.46. The van der Waals surface area contributed by atoms with E-state index in [2.05, 4.69) is 123 Å². The maximum Gasteiger partial charge on any atom is 0.472 e. The Morgan fingerprint density at radius 1 is 0.463 bits per heavy atom. The molecule has 0 aromatic carbocycles. The van der Waals surface area contributed by atoms with Crippen LogP contribution in [0.5, 0.6) is 0 Å². The van der Waals surface area contributed by atoms with E-state index in [-0.39, 0.29) is 31.5 Å². The highest BCUT2D eigenvalue weighted by atomic mass is 31.2. The number of phosphoric acid groups is 1. The highest BCUT2D eigenvalue weighted by molar-refractivity contribution is 7.47. The van der Waals surface area contributed by atoms with Crippen LogP contribution in [0, 0.1) is 0 Å². The molecule has 80 heavy (non-hydrogen) atoms. The molecule has 0 bridgehead atoms. The lowest BCUT2D eigenvalue weighted by Gasteiger charge is -2.27. The lowest BCUT2D eigenvalue weighted by atomic mass is 10.0. The quantitative estimate of drug-likeness (QED) is 0.0156. The van der Waals surface area contributed by atoms with E-state index >= 15 is 0 Å². The number of hydrogen-bond acceptors (Lipinski definition) is 6. The monoisotopic (exact) mass is 1140 g/mol. The third-order valence-electron chi connectivity index (χ3n) is 14.0. The predicted octanol–water partition coefficient (Wildman–Crippen LogP) is 20.5. The zero-order chi connectivity index (χ0) is 58.6. The summed E-state index contributed by atoms with van der Waals surface area (Å²) >= 11 is 0. The molecule has 0 fully saturated rings. The molecule has 9 nitrogen and oxygen atoms in total. The fourth-order valence-corrected chi connectivity index (χ4v) is 9.67. The van der Waals surface area contributed by atoms with Gasteiger partial charge < -0.3 is 19.4 Å². The van der Waals surface area contributed by atoms with Crippen molar-refractivity contribution in [3.05, 3.63) is 109 Å². The van der Waals surface area contributed by atoms with Crippen LogP contribution in [0.4, 0.5) is 0 Å². The largest absolute Gasteiger partial charge is 0.472 e. The van der Waals surface area contributed by atoms with Crippen molar-refractivity contribution in [1.29, 1.82) is 0 Å². The van der Waals surface area contributed by atoms with Gasteiger partial charge in [-0.3, -0.25) is 18.6 Å². The molecule has 0 aliphatic rings. The van der Waals surface area contributed by atoms with Gasteiger partial charge in [-0.15, -0.1) is 0 Å². The van der Waals surface area contributed by atoms with Crippen LogP contribution in [0.3, 0.4) is 0 Å². The number of likely N-dealkylation sites (N-methyl/N-ethyl adjacent to an activating group) is 1. The number of quaternary nitrogens is 1. The zero-order valence-electron chi connectivity index (χ0n) is 52.5. The Hall–Kier alpha value is -3.33. The molecule has 0 rings (SSSR count). The first-order valence-corrected chi connectivity index (χ1v) is 34.2. The standard InChI is InChI=1S/C70H123N2O7P/c1-7-10-13-16-19-22-25-28-30-32-33-34-35-36-37-38-39-40-42-45-48-51-54-57-60-63-70(74)79-68(61-58-55-52-49-46-43-27-24-21-18-15-12-9-3)67(66-78-80(75,76)77-65-64-72(4,5)6)71-69(73)62-59-56-53-50-47-44-41-31-29-26-23-20-17-14-11-8-2/h10,13,19,22,28,30-31,33-34,36-37,39-41,44,47,58,61,67-68H,7-9,11-12,14-18,20-21,23-27,29,32,35,38,42-43,45-46,48-57,59-60,62-66H2,1-6H3,(H-,71,73,75,76)/p+1/b13-10-,22-19-,30-28-,34-33-,37-36-,40-39-,41-31+,47-44+,61-58-. The van der Waals surface area contributed by atoms with E-state index in [1.54, 1.807) is 0 Å². The van der Waals surface area contributed by atoms with Crippen LogP contribution in [-0.4, -0.2) is 74.3 Å². The fraction of sp³-hybridized carbons (Fsp3) is 0.714. The van der Waals surface area contributed by atoms with Crippen molar-refractivity contribution >= 4 is 19.7 Å². The van der Waals surface area contributed by atoms with Crippen LogP contribution in [0.15, 0.2) is 109 Å². The molecule has 0 aliphatic heterocycles. The lowest BCUT2D eigenvalue weighted by Crippen LogP contribution is -2.47. The Morgan fingerprint density at radius 3 is 1.29 bits per heavy atom. The first-order valence-electron chi connectivity index (χ1n) is 32.7. The molecule has 0 saturated heterocycles. The molecule has 3 unspecified atom stereocenters. The van der Waals surface area contributed by atoms with E-state index in [0.29, 0.717) is 30.3 Å². The van der Waals surface area contributed by atoms with Crippen LogP contribution in [0.1, 0.15) is 271 Å². The molecule has 2 N–H and O–H groups in total. The smallest absolute Gasteiger partial charge is 0.456 e. The second-order valence-corrected chi connectivity index (χ2v) is 24.4. The maximum atomic E-state index is 13.6.